The van der Waals surface area contributed by atoms with E-state index in [0.29, 0.717) is 19.6 Å². The second-order valence-electron chi connectivity index (χ2n) is 3.35. The van der Waals surface area contributed by atoms with E-state index >= 15 is 0 Å². The molecule has 1 saturated heterocycles. The predicted octanol–water partition coefficient (Wildman–Crippen LogP) is 0.0653. The van der Waals surface area contributed by atoms with E-state index in [2.05, 4.69) is 0 Å². The maximum Gasteiger partial charge on any atom is 0.187 e. The summed E-state index contributed by atoms with van der Waals surface area (Å²) in [7, 11) is 1.61. The van der Waals surface area contributed by atoms with Crippen LogP contribution < -0.4 is 0 Å². The van der Waals surface area contributed by atoms with Gasteiger partial charge in [0.05, 0.1) is 13.2 Å². The first kappa shape index (κ1) is 9.15. The van der Waals surface area contributed by atoms with Crippen LogP contribution >= 0.6 is 0 Å². The number of hydrogen-bond donors (Lipinski definition) is 1. The smallest absolute Gasteiger partial charge is 0.187 e. The van der Waals surface area contributed by atoms with Gasteiger partial charge in [-0.3, -0.25) is 0 Å². The summed E-state index contributed by atoms with van der Waals surface area (Å²) in [4.78, 5) is 0. The molecule has 0 amide bonds. The van der Waals surface area contributed by atoms with Gasteiger partial charge in [0.2, 0.25) is 0 Å². The van der Waals surface area contributed by atoms with Crippen LogP contribution in [0.1, 0.15) is 6.42 Å². The molecule has 2 heterocycles. The standard InChI is InChI=1S/C9H14O4/c1-11-7-6-12-8(10)9(7)4-2-3-5-13-9/h2-3,7-8,10H,4-6H2,1H3/t7-,8?,9-/m1/s1. The van der Waals surface area contributed by atoms with Crippen molar-refractivity contribution < 1.29 is 19.3 Å². The molecule has 4 nitrogen and oxygen atoms in total. The summed E-state index contributed by atoms with van der Waals surface area (Å²) in [6, 6.07) is 0. The molecule has 2 aliphatic rings. The van der Waals surface area contributed by atoms with Gasteiger partial charge >= 0.3 is 0 Å². The number of methoxy groups -OCH3 is 1. The molecule has 1 spiro atoms. The maximum absolute atomic E-state index is 9.64. The molecule has 0 aliphatic carbocycles. The third-order valence-electron chi connectivity index (χ3n) is 2.70. The number of ether oxygens (including phenoxy) is 3. The van der Waals surface area contributed by atoms with Crippen LogP contribution in [0.25, 0.3) is 0 Å². The molecule has 0 aromatic heterocycles. The van der Waals surface area contributed by atoms with Crippen LogP contribution in [-0.2, 0) is 14.2 Å². The Hall–Kier alpha value is -0.420. The van der Waals surface area contributed by atoms with Crippen molar-refractivity contribution in [3.63, 3.8) is 0 Å². The van der Waals surface area contributed by atoms with Crippen molar-refractivity contribution in [1.29, 1.82) is 0 Å². The summed E-state index contributed by atoms with van der Waals surface area (Å²) in [6.45, 7) is 0.909. The van der Waals surface area contributed by atoms with Gasteiger partial charge in [0.15, 0.2) is 11.9 Å². The van der Waals surface area contributed by atoms with Gasteiger partial charge in [-0.05, 0) is 0 Å². The van der Waals surface area contributed by atoms with Gasteiger partial charge in [0.1, 0.15) is 6.10 Å². The summed E-state index contributed by atoms with van der Waals surface area (Å²) in [5, 5.41) is 9.64. The first-order valence-electron chi connectivity index (χ1n) is 4.41. The lowest BCUT2D eigenvalue weighted by Gasteiger charge is -2.36. The fourth-order valence-corrected chi connectivity index (χ4v) is 1.88. The molecule has 2 rings (SSSR count). The molecule has 74 valence electrons. The van der Waals surface area contributed by atoms with E-state index < -0.39 is 11.9 Å². The molecule has 0 radical (unpaired) electrons. The second-order valence-corrected chi connectivity index (χ2v) is 3.35. The zero-order valence-electron chi connectivity index (χ0n) is 7.60. The highest BCUT2D eigenvalue weighted by Gasteiger charge is 2.52. The minimum absolute atomic E-state index is 0.174. The van der Waals surface area contributed by atoms with Gasteiger partial charge in [-0.15, -0.1) is 0 Å². The van der Waals surface area contributed by atoms with E-state index in [4.69, 9.17) is 14.2 Å². The van der Waals surface area contributed by atoms with Crippen LogP contribution in [0.4, 0.5) is 0 Å². The van der Waals surface area contributed by atoms with Crippen LogP contribution in [0.5, 0.6) is 0 Å². The van der Waals surface area contributed by atoms with Gasteiger partial charge in [-0.25, -0.2) is 0 Å². The molecule has 0 aromatic carbocycles. The average molecular weight is 186 g/mol. The molecular weight excluding hydrogens is 172 g/mol. The third kappa shape index (κ3) is 1.30. The molecule has 3 atom stereocenters. The van der Waals surface area contributed by atoms with Crippen molar-refractivity contribution in [1.82, 2.24) is 0 Å². The van der Waals surface area contributed by atoms with Gasteiger partial charge in [-0.2, -0.15) is 0 Å². The first-order valence-corrected chi connectivity index (χ1v) is 4.41. The Morgan fingerprint density at radius 3 is 3.00 bits per heavy atom. The van der Waals surface area contributed by atoms with Crippen LogP contribution in [0.15, 0.2) is 12.2 Å². The Morgan fingerprint density at radius 1 is 1.54 bits per heavy atom. The van der Waals surface area contributed by atoms with Gasteiger partial charge in [0.25, 0.3) is 0 Å². The number of rotatable bonds is 1. The largest absolute Gasteiger partial charge is 0.376 e. The molecule has 0 bridgehead atoms. The van der Waals surface area contributed by atoms with E-state index in [1.165, 1.54) is 0 Å². The predicted molar refractivity (Wildman–Crippen MR) is 45.2 cm³/mol. The summed E-state index contributed by atoms with van der Waals surface area (Å²) in [5.74, 6) is 0. The monoisotopic (exact) mass is 186 g/mol. The van der Waals surface area contributed by atoms with E-state index in [0.717, 1.165) is 0 Å². The summed E-state index contributed by atoms with van der Waals surface area (Å²) < 4.78 is 15.9. The van der Waals surface area contributed by atoms with Gasteiger partial charge < -0.3 is 19.3 Å². The molecule has 1 fully saturated rings. The minimum atomic E-state index is -0.873. The zero-order chi connectivity index (χ0) is 9.31. The first-order chi connectivity index (χ1) is 6.29. The lowest BCUT2D eigenvalue weighted by atomic mass is 9.92. The Kier molecular flexibility index (Phi) is 2.38. The van der Waals surface area contributed by atoms with Crippen LogP contribution in [0.3, 0.4) is 0 Å². The fraction of sp³-hybridized carbons (Fsp3) is 0.778. The van der Waals surface area contributed by atoms with Crippen LogP contribution in [0, 0.1) is 0 Å². The molecule has 0 aromatic rings. The quantitative estimate of drug-likeness (QED) is 0.588. The van der Waals surface area contributed by atoms with Gasteiger partial charge in [-0.1, -0.05) is 12.2 Å². The van der Waals surface area contributed by atoms with Crippen molar-refractivity contribution in [2.45, 2.75) is 24.4 Å². The number of hydrogen-bond acceptors (Lipinski definition) is 4. The normalized spacial score (nSPS) is 44.5. The second kappa shape index (κ2) is 3.38. The molecule has 0 saturated carbocycles. The molecule has 1 unspecified atom stereocenters. The number of aliphatic hydroxyl groups excluding tert-OH is 1. The highest BCUT2D eigenvalue weighted by atomic mass is 16.7. The number of aliphatic hydroxyl groups is 1. The molecule has 2 aliphatic heterocycles. The van der Waals surface area contributed by atoms with Crippen molar-refractivity contribution in [2.24, 2.45) is 0 Å². The van der Waals surface area contributed by atoms with Crippen LogP contribution in [-0.4, -0.2) is 43.4 Å². The molecular formula is C9H14O4. The Balaban J connectivity index is 2.20. The minimum Gasteiger partial charge on any atom is -0.376 e. The molecule has 13 heavy (non-hydrogen) atoms. The third-order valence-corrected chi connectivity index (χ3v) is 2.70. The molecule has 1 N–H and O–H groups in total. The SMILES string of the molecule is CO[C@@H]1COC(O)[C@@]12CC=CCO2. The van der Waals surface area contributed by atoms with Crippen LogP contribution in [0.2, 0.25) is 0 Å². The van der Waals surface area contributed by atoms with Crippen molar-refractivity contribution in [3.05, 3.63) is 12.2 Å². The highest BCUT2D eigenvalue weighted by Crippen LogP contribution is 2.36. The summed E-state index contributed by atoms with van der Waals surface area (Å²) >= 11 is 0. The Morgan fingerprint density at radius 2 is 2.38 bits per heavy atom. The van der Waals surface area contributed by atoms with Crippen molar-refractivity contribution >= 4 is 0 Å². The topological polar surface area (TPSA) is 47.9 Å². The molecule has 4 heteroatoms. The lowest BCUT2D eigenvalue weighted by Crippen LogP contribution is -2.51. The highest BCUT2D eigenvalue weighted by molar-refractivity contribution is 5.06. The fourth-order valence-electron chi connectivity index (χ4n) is 1.88. The van der Waals surface area contributed by atoms with Gasteiger partial charge in [0, 0.05) is 13.5 Å². The van der Waals surface area contributed by atoms with E-state index in [1.54, 1.807) is 7.11 Å². The maximum atomic E-state index is 9.64. The van der Waals surface area contributed by atoms with E-state index in [1.807, 2.05) is 12.2 Å². The summed E-state index contributed by atoms with van der Waals surface area (Å²) in [5.41, 5.74) is -0.677. The Bertz CT molecular complexity index is 216. The van der Waals surface area contributed by atoms with Crippen molar-refractivity contribution in [2.75, 3.05) is 20.3 Å². The lowest BCUT2D eigenvalue weighted by molar-refractivity contribution is -0.198. The van der Waals surface area contributed by atoms with E-state index in [9.17, 15) is 5.11 Å². The van der Waals surface area contributed by atoms with Crippen molar-refractivity contribution in [3.8, 4) is 0 Å². The Labute approximate surface area is 77.1 Å². The van der Waals surface area contributed by atoms with E-state index in [-0.39, 0.29) is 6.10 Å². The zero-order valence-corrected chi connectivity index (χ0v) is 7.60. The average Bonchev–Trinajstić information content (AvgIpc) is 2.46. The summed E-state index contributed by atoms with van der Waals surface area (Å²) in [6.07, 6.45) is 3.53.